The van der Waals surface area contributed by atoms with Crippen LogP contribution in [0.5, 0.6) is 5.75 Å². The van der Waals surface area contributed by atoms with Crippen LogP contribution in [0.4, 0.5) is 4.79 Å². The van der Waals surface area contributed by atoms with Gasteiger partial charge in [-0.05, 0) is 66.8 Å². The molecule has 2 aliphatic rings. The number of urea groups is 1. The maximum Gasteiger partial charge on any atom is 0.317 e. The lowest BCUT2D eigenvalue weighted by Crippen LogP contribution is -2.51. The van der Waals surface area contributed by atoms with Crippen molar-refractivity contribution in [1.29, 1.82) is 0 Å². The average molecular weight is 500 g/mol. The number of nitrogens with one attached hydrogen (secondary N) is 1. The Morgan fingerprint density at radius 2 is 2.06 bits per heavy atom. The molecule has 0 radical (unpaired) electrons. The highest BCUT2D eigenvalue weighted by Crippen LogP contribution is 2.34. The zero-order chi connectivity index (χ0) is 24.8. The van der Waals surface area contributed by atoms with Crippen LogP contribution in [-0.4, -0.2) is 67.2 Å². The lowest BCUT2D eigenvalue weighted by Gasteiger charge is -2.37. The van der Waals surface area contributed by atoms with Crippen LogP contribution in [0.15, 0.2) is 35.7 Å². The molecule has 3 heterocycles. The van der Waals surface area contributed by atoms with Gasteiger partial charge in [-0.1, -0.05) is 26.0 Å². The summed E-state index contributed by atoms with van der Waals surface area (Å²) >= 11 is 1.73. The second kappa shape index (κ2) is 11.9. The zero-order valence-corrected chi connectivity index (χ0v) is 21.8. The van der Waals surface area contributed by atoms with Crippen LogP contribution >= 0.6 is 11.3 Å². The Hall–Kier alpha value is -2.58. The van der Waals surface area contributed by atoms with Gasteiger partial charge in [0.15, 0.2) is 0 Å². The molecule has 3 amide bonds. The quantitative estimate of drug-likeness (QED) is 0.548. The van der Waals surface area contributed by atoms with E-state index in [0.717, 1.165) is 30.6 Å². The van der Waals surface area contributed by atoms with Gasteiger partial charge in [0.1, 0.15) is 18.9 Å². The molecule has 1 N–H and O–H groups in total. The fourth-order valence-corrected chi connectivity index (χ4v) is 5.70. The largest absolute Gasteiger partial charge is 0.491 e. The normalized spacial score (nSPS) is 19.5. The molecule has 7 nitrogen and oxygen atoms in total. The van der Waals surface area contributed by atoms with Gasteiger partial charge >= 0.3 is 6.03 Å². The standard InChI is InChI=1S/C27H37N3O4S/c1-4-28-27(32)29(16-22-6-5-14-33-22)17-26(31)30-13-11-25-23(12-15-35-25)24(30)18-34-21-9-7-20(8-10-21)19(2)3/h7-10,12,15,19,22,24H,4-6,11,13-14,16-18H2,1-3H3,(H,28,32)/t22-,24-/m1/s1. The smallest absolute Gasteiger partial charge is 0.317 e. The molecule has 0 spiro atoms. The summed E-state index contributed by atoms with van der Waals surface area (Å²) in [5, 5.41) is 4.93. The summed E-state index contributed by atoms with van der Waals surface area (Å²) in [6.45, 7) is 8.91. The minimum absolute atomic E-state index is 0.0109. The predicted octanol–water partition coefficient (Wildman–Crippen LogP) is 4.59. The van der Waals surface area contributed by atoms with Gasteiger partial charge in [0.25, 0.3) is 0 Å². The van der Waals surface area contributed by atoms with Crippen LogP contribution in [0.2, 0.25) is 0 Å². The molecule has 1 fully saturated rings. The van der Waals surface area contributed by atoms with E-state index in [1.165, 1.54) is 10.4 Å². The van der Waals surface area contributed by atoms with Crippen LogP contribution in [0.1, 0.15) is 61.6 Å². The summed E-state index contributed by atoms with van der Waals surface area (Å²) in [6.07, 6.45) is 2.72. The Morgan fingerprint density at radius 3 is 2.74 bits per heavy atom. The Balaban J connectivity index is 1.47. The summed E-state index contributed by atoms with van der Waals surface area (Å²) < 4.78 is 11.9. The summed E-state index contributed by atoms with van der Waals surface area (Å²) in [4.78, 5) is 31.1. The topological polar surface area (TPSA) is 71.1 Å². The number of rotatable bonds is 9. The van der Waals surface area contributed by atoms with E-state index in [1.807, 2.05) is 24.0 Å². The molecule has 1 saturated heterocycles. The maximum atomic E-state index is 13.6. The van der Waals surface area contributed by atoms with Gasteiger partial charge in [-0.2, -0.15) is 0 Å². The van der Waals surface area contributed by atoms with Gasteiger partial charge in [-0.3, -0.25) is 4.79 Å². The van der Waals surface area contributed by atoms with Crippen LogP contribution in [-0.2, 0) is 16.0 Å². The molecule has 2 aliphatic heterocycles. The van der Waals surface area contributed by atoms with Crippen LogP contribution in [0.3, 0.4) is 0 Å². The van der Waals surface area contributed by atoms with Crippen molar-refractivity contribution in [3.05, 3.63) is 51.7 Å². The van der Waals surface area contributed by atoms with E-state index in [9.17, 15) is 9.59 Å². The minimum atomic E-state index is -0.220. The second-order valence-corrected chi connectivity index (χ2v) is 10.5. The van der Waals surface area contributed by atoms with Crippen molar-refractivity contribution in [2.45, 2.75) is 58.1 Å². The van der Waals surface area contributed by atoms with Gasteiger partial charge in [0.2, 0.25) is 5.91 Å². The minimum Gasteiger partial charge on any atom is -0.491 e. The monoisotopic (exact) mass is 499 g/mol. The van der Waals surface area contributed by atoms with Crippen molar-refractivity contribution in [1.82, 2.24) is 15.1 Å². The molecule has 0 aliphatic carbocycles. The van der Waals surface area contributed by atoms with E-state index in [4.69, 9.17) is 9.47 Å². The molecule has 190 valence electrons. The first kappa shape index (κ1) is 25.5. The van der Waals surface area contributed by atoms with E-state index < -0.39 is 0 Å². The van der Waals surface area contributed by atoms with Gasteiger partial charge in [0.05, 0.1) is 12.1 Å². The number of carbonyl (C=O) groups is 2. The van der Waals surface area contributed by atoms with E-state index in [2.05, 4.69) is 42.7 Å². The third-order valence-corrected chi connectivity index (χ3v) is 7.76. The van der Waals surface area contributed by atoms with Crippen LogP contribution in [0, 0.1) is 0 Å². The number of hydrogen-bond acceptors (Lipinski definition) is 5. The zero-order valence-electron chi connectivity index (χ0n) is 21.0. The predicted molar refractivity (Wildman–Crippen MR) is 138 cm³/mol. The lowest BCUT2D eigenvalue weighted by atomic mass is 10.00. The molecule has 2 atom stereocenters. The van der Waals surface area contributed by atoms with E-state index in [-0.39, 0.29) is 30.6 Å². The summed E-state index contributed by atoms with van der Waals surface area (Å²) in [5.41, 5.74) is 2.42. The van der Waals surface area contributed by atoms with Crippen molar-refractivity contribution in [2.75, 3.05) is 39.4 Å². The first-order chi connectivity index (χ1) is 17.0. The molecular weight excluding hydrogens is 462 g/mol. The van der Waals surface area contributed by atoms with E-state index in [0.29, 0.717) is 38.8 Å². The van der Waals surface area contributed by atoms with E-state index >= 15 is 0 Å². The third kappa shape index (κ3) is 6.35. The number of hydrogen-bond donors (Lipinski definition) is 1. The molecule has 0 unspecified atom stereocenters. The Morgan fingerprint density at radius 1 is 1.26 bits per heavy atom. The Kier molecular flexibility index (Phi) is 8.68. The summed E-state index contributed by atoms with van der Waals surface area (Å²) in [6, 6.07) is 9.88. The molecule has 8 heteroatoms. The highest BCUT2D eigenvalue weighted by molar-refractivity contribution is 7.10. The molecule has 4 rings (SSSR count). The SMILES string of the molecule is CCNC(=O)N(CC(=O)N1CCc2sccc2[C@H]1COc1ccc(C(C)C)cc1)C[C@H]1CCCO1. The first-order valence-corrected chi connectivity index (χ1v) is 13.6. The molecule has 0 saturated carbocycles. The highest BCUT2D eigenvalue weighted by Gasteiger charge is 2.34. The Labute approximate surface area is 212 Å². The lowest BCUT2D eigenvalue weighted by molar-refractivity contribution is -0.135. The fraction of sp³-hybridized carbons (Fsp3) is 0.556. The van der Waals surface area contributed by atoms with Gasteiger partial charge in [-0.25, -0.2) is 4.79 Å². The van der Waals surface area contributed by atoms with Crippen molar-refractivity contribution in [3.8, 4) is 5.75 Å². The van der Waals surface area contributed by atoms with Crippen molar-refractivity contribution in [3.63, 3.8) is 0 Å². The maximum absolute atomic E-state index is 13.6. The average Bonchev–Trinajstić information content (AvgIpc) is 3.54. The van der Waals surface area contributed by atoms with Crippen molar-refractivity contribution >= 4 is 23.3 Å². The molecule has 2 aromatic rings. The summed E-state index contributed by atoms with van der Waals surface area (Å²) in [7, 11) is 0. The Bertz CT molecular complexity index is 985. The van der Waals surface area contributed by atoms with Gasteiger partial charge in [-0.15, -0.1) is 11.3 Å². The first-order valence-electron chi connectivity index (χ1n) is 12.7. The molecule has 35 heavy (non-hydrogen) atoms. The number of amides is 3. The molecule has 0 bridgehead atoms. The summed E-state index contributed by atoms with van der Waals surface area (Å²) in [5.74, 6) is 1.20. The second-order valence-electron chi connectivity index (χ2n) is 9.54. The van der Waals surface area contributed by atoms with Crippen LogP contribution < -0.4 is 10.1 Å². The number of fused-ring (bicyclic) bond motifs is 1. The van der Waals surface area contributed by atoms with Gasteiger partial charge in [0, 0.05) is 31.1 Å². The van der Waals surface area contributed by atoms with E-state index in [1.54, 1.807) is 16.2 Å². The fourth-order valence-electron chi connectivity index (χ4n) is 4.77. The van der Waals surface area contributed by atoms with Gasteiger partial charge < -0.3 is 24.6 Å². The molecule has 1 aromatic carbocycles. The number of thiophene rings is 1. The van der Waals surface area contributed by atoms with Crippen LogP contribution in [0.25, 0.3) is 0 Å². The number of benzene rings is 1. The molecule has 1 aromatic heterocycles. The number of ether oxygens (including phenoxy) is 2. The number of carbonyl (C=O) groups excluding carboxylic acids is 2. The van der Waals surface area contributed by atoms with Crippen molar-refractivity contribution in [2.24, 2.45) is 0 Å². The molecular formula is C27H37N3O4S. The number of nitrogens with zero attached hydrogens (tertiary/aromatic N) is 2. The third-order valence-electron chi connectivity index (χ3n) is 6.76. The highest BCUT2D eigenvalue weighted by atomic mass is 32.1. The van der Waals surface area contributed by atoms with Crippen molar-refractivity contribution < 1.29 is 19.1 Å².